The third-order valence-corrected chi connectivity index (χ3v) is 4.91. The Hall–Kier alpha value is -0.900. The number of hydrogen-bond acceptors (Lipinski definition) is 3. The zero-order valence-corrected chi connectivity index (χ0v) is 13.2. The van der Waals surface area contributed by atoms with Gasteiger partial charge in [0.25, 0.3) is 0 Å². The maximum absolute atomic E-state index is 12.1. The van der Waals surface area contributed by atoms with Crippen LogP contribution in [0.15, 0.2) is 33.8 Å². The van der Waals surface area contributed by atoms with Gasteiger partial charge >= 0.3 is 6.18 Å². The van der Waals surface area contributed by atoms with Gasteiger partial charge in [0.1, 0.15) is 11.4 Å². The number of alkyl halides is 3. The Morgan fingerprint density at radius 1 is 1.33 bits per heavy atom. The van der Waals surface area contributed by atoms with Gasteiger partial charge in [-0.15, -0.1) is 0 Å². The highest BCUT2D eigenvalue weighted by Crippen LogP contribution is 2.30. The van der Waals surface area contributed by atoms with Crippen LogP contribution in [0.2, 0.25) is 5.02 Å². The molecule has 2 aromatic rings. The van der Waals surface area contributed by atoms with Gasteiger partial charge in [-0.2, -0.15) is 13.2 Å². The SMILES string of the molecule is O=S(=O)(NCC(F)(F)F)c1cnc2cc(Br)ccc2c1Cl. The minimum Gasteiger partial charge on any atom is -0.255 e. The molecule has 0 aliphatic carbocycles. The first-order chi connectivity index (χ1) is 9.60. The van der Waals surface area contributed by atoms with Crippen molar-refractivity contribution in [2.24, 2.45) is 0 Å². The van der Waals surface area contributed by atoms with Crippen molar-refractivity contribution in [3.8, 4) is 0 Å². The number of fused-ring (bicyclic) bond motifs is 1. The van der Waals surface area contributed by atoms with E-state index in [0.717, 1.165) is 6.20 Å². The zero-order valence-electron chi connectivity index (χ0n) is 10.1. The van der Waals surface area contributed by atoms with E-state index in [1.165, 1.54) is 10.8 Å². The summed E-state index contributed by atoms with van der Waals surface area (Å²) in [5.74, 6) is 0. The Morgan fingerprint density at radius 3 is 2.62 bits per heavy atom. The minimum atomic E-state index is -4.66. The molecule has 0 spiro atoms. The number of aromatic nitrogens is 1. The smallest absolute Gasteiger partial charge is 0.255 e. The van der Waals surface area contributed by atoms with Gasteiger partial charge in [0.2, 0.25) is 10.0 Å². The summed E-state index contributed by atoms with van der Waals surface area (Å²) in [7, 11) is -4.40. The van der Waals surface area contributed by atoms with Crippen molar-refractivity contribution in [3.05, 3.63) is 33.9 Å². The summed E-state index contributed by atoms with van der Waals surface area (Å²) in [6.07, 6.45) is -3.73. The van der Waals surface area contributed by atoms with Crippen LogP contribution in [0.3, 0.4) is 0 Å². The van der Waals surface area contributed by atoms with Crippen molar-refractivity contribution < 1.29 is 21.6 Å². The molecule has 0 aliphatic heterocycles. The molecule has 10 heteroatoms. The lowest BCUT2D eigenvalue weighted by molar-refractivity contribution is -0.121. The van der Waals surface area contributed by atoms with Gasteiger partial charge in [0, 0.05) is 16.1 Å². The molecule has 21 heavy (non-hydrogen) atoms. The first-order valence-corrected chi connectivity index (χ1v) is 8.06. The zero-order chi connectivity index (χ0) is 15.8. The predicted octanol–water partition coefficient (Wildman–Crippen LogP) is 3.49. The monoisotopic (exact) mass is 402 g/mol. The van der Waals surface area contributed by atoms with Gasteiger partial charge in [-0.25, -0.2) is 13.1 Å². The number of nitrogens with zero attached hydrogens (tertiary/aromatic N) is 1. The van der Waals surface area contributed by atoms with Crippen LogP contribution in [0.4, 0.5) is 13.2 Å². The number of hydrogen-bond donors (Lipinski definition) is 1. The van der Waals surface area contributed by atoms with Crippen LogP contribution in [-0.4, -0.2) is 26.1 Å². The van der Waals surface area contributed by atoms with E-state index in [2.05, 4.69) is 20.9 Å². The van der Waals surface area contributed by atoms with Crippen LogP contribution in [0.5, 0.6) is 0 Å². The molecular formula is C11H7BrClF3N2O2S. The van der Waals surface area contributed by atoms with Crippen molar-refractivity contribution in [3.63, 3.8) is 0 Å². The summed E-state index contributed by atoms with van der Waals surface area (Å²) < 4.78 is 62.2. The van der Waals surface area contributed by atoms with Crippen molar-refractivity contribution in [2.45, 2.75) is 11.1 Å². The number of pyridine rings is 1. The lowest BCUT2D eigenvalue weighted by atomic mass is 10.2. The summed E-state index contributed by atoms with van der Waals surface area (Å²) in [6.45, 7) is -1.68. The van der Waals surface area contributed by atoms with E-state index in [0.29, 0.717) is 15.4 Å². The van der Waals surface area contributed by atoms with E-state index in [4.69, 9.17) is 11.6 Å². The molecule has 0 unspecified atom stereocenters. The van der Waals surface area contributed by atoms with E-state index >= 15 is 0 Å². The van der Waals surface area contributed by atoms with Crippen molar-refractivity contribution in [1.29, 1.82) is 0 Å². The van der Waals surface area contributed by atoms with Crippen LogP contribution in [0.25, 0.3) is 10.9 Å². The van der Waals surface area contributed by atoms with Crippen molar-refractivity contribution in [1.82, 2.24) is 9.71 Å². The number of rotatable bonds is 3. The van der Waals surface area contributed by atoms with Gasteiger partial charge < -0.3 is 0 Å². The highest BCUT2D eigenvalue weighted by atomic mass is 79.9. The quantitative estimate of drug-likeness (QED) is 0.853. The first kappa shape index (κ1) is 16.5. The molecule has 0 radical (unpaired) electrons. The standard InChI is InChI=1S/C11H7BrClF3N2O2S/c12-6-1-2-7-8(3-6)17-4-9(10(7)13)21(19,20)18-5-11(14,15)16/h1-4,18H,5H2. The van der Waals surface area contributed by atoms with Crippen LogP contribution < -0.4 is 4.72 Å². The molecule has 0 amide bonds. The Bertz CT molecular complexity index is 796. The molecule has 1 aromatic heterocycles. The average molecular weight is 404 g/mol. The third kappa shape index (κ3) is 3.85. The normalized spacial score (nSPS) is 12.8. The topological polar surface area (TPSA) is 59.1 Å². The summed E-state index contributed by atoms with van der Waals surface area (Å²) in [5, 5.41) is 0.150. The molecule has 1 heterocycles. The molecular weight excluding hydrogens is 397 g/mol. The molecule has 1 N–H and O–H groups in total. The maximum Gasteiger partial charge on any atom is 0.402 e. The van der Waals surface area contributed by atoms with Gasteiger partial charge in [-0.3, -0.25) is 4.98 Å². The molecule has 0 fully saturated rings. The Balaban J connectivity index is 2.47. The molecule has 0 saturated heterocycles. The second-order valence-corrected chi connectivity index (χ2v) is 7.07. The number of benzene rings is 1. The second kappa shape index (κ2) is 5.71. The first-order valence-electron chi connectivity index (χ1n) is 5.40. The van der Waals surface area contributed by atoms with E-state index in [9.17, 15) is 21.6 Å². The van der Waals surface area contributed by atoms with Crippen LogP contribution in [0, 0.1) is 0 Å². The van der Waals surface area contributed by atoms with Gasteiger partial charge in [0.05, 0.1) is 10.5 Å². The Morgan fingerprint density at radius 2 is 2.00 bits per heavy atom. The highest BCUT2D eigenvalue weighted by Gasteiger charge is 2.31. The van der Waals surface area contributed by atoms with Crippen LogP contribution in [-0.2, 0) is 10.0 Å². The van der Waals surface area contributed by atoms with Crippen LogP contribution in [0.1, 0.15) is 0 Å². The minimum absolute atomic E-state index is 0.179. The molecule has 0 bridgehead atoms. The molecule has 1 aromatic carbocycles. The summed E-state index contributed by atoms with van der Waals surface area (Å²) >= 11 is 9.20. The largest absolute Gasteiger partial charge is 0.402 e. The molecule has 114 valence electrons. The molecule has 0 atom stereocenters. The fraction of sp³-hybridized carbons (Fsp3) is 0.182. The lowest BCUT2D eigenvalue weighted by Crippen LogP contribution is -2.34. The Kier molecular flexibility index (Phi) is 4.48. The lowest BCUT2D eigenvalue weighted by Gasteiger charge is -2.11. The Labute approximate surface area is 131 Å². The highest BCUT2D eigenvalue weighted by molar-refractivity contribution is 9.10. The van der Waals surface area contributed by atoms with Gasteiger partial charge in [-0.05, 0) is 12.1 Å². The fourth-order valence-corrected chi connectivity index (χ4v) is 3.47. The van der Waals surface area contributed by atoms with E-state index in [1.54, 1.807) is 12.1 Å². The number of nitrogens with one attached hydrogen (secondary N) is 1. The second-order valence-electron chi connectivity index (χ2n) is 4.04. The van der Waals surface area contributed by atoms with Gasteiger partial charge in [-0.1, -0.05) is 33.6 Å². The summed E-state index contributed by atoms with van der Waals surface area (Å²) in [4.78, 5) is 3.40. The van der Waals surface area contributed by atoms with Crippen molar-refractivity contribution in [2.75, 3.05) is 6.54 Å². The van der Waals surface area contributed by atoms with E-state index < -0.39 is 27.6 Å². The predicted molar refractivity (Wildman–Crippen MR) is 75.7 cm³/mol. The van der Waals surface area contributed by atoms with Gasteiger partial charge in [0.15, 0.2) is 0 Å². The average Bonchev–Trinajstić information content (AvgIpc) is 2.35. The number of halogens is 5. The third-order valence-electron chi connectivity index (χ3n) is 2.49. The van der Waals surface area contributed by atoms with E-state index in [-0.39, 0.29) is 5.02 Å². The van der Waals surface area contributed by atoms with Crippen molar-refractivity contribution >= 4 is 48.5 Å². The maximum atomic E-state index is 12.1. The van der Waals surface area contributed by atoms with Crippen LogP contribution >= 0.6 is 27.5 Å². The molecule has 0 saturated carbocycles. The summed E-state index contributed by atoms with van der Waals surface area (Å²) in [5.41, 5.74) is 0.421. The summed E-state index contributed by atoms with van der Waals surface area (Å²) in [6, 6.07) is 4.76. The fourth-order valence-electron chi connectivity index (χ4n) is 1.56. The molecule has 2 rings (SSSR count). The van der Waals surface area contributed by atoms with E-state index in [1.807, 2.05) is 0 Å². The molecule has 4 nitrogen and oxygen atoms in total. The number of sulfonamides is 1. The molecule has 0 aliphatic rings.